The summed E-state index contributed by atoms with van der Waals surface area (Å²) in [4.78, 5) is 0. The molecule has 11 heavy (non-hydrogen) atoms. The number of rotatable bonds is 1. The molecule has 1 heteroatoms. The van der Waals surface area contributed by atoms with Crippen LogP contribution in [0.3, 0.4) is 0 Å². The second-order valence-electron chi connectivity index (χ2n) is 4.77. The lowest BCUT2D eigenvalue weighted by molar-refractivity contribution is 0.196. The minimum absolute atomic E-state index is 0.0885. The van der Waals surface area contributed by atoms with Crippen LogP contribution in [-0.4, -0.2) is 0 Å². The Balaban J connectivity index is 2.16. The van der Waals surface area contributed by atoms with Crippen LogP contribution in [0.15, 0.2) is 0 Å². The minimum atomic E-state index is 0.0885. The van der Waals surface area contributed by atoms with Crippen LogP contribution in [0.5, 0.6) is 0 Å². The highest BCUT2D eigenvalue weighted by Crippen LogP contribution is 2.70. The molecule has 2 saturated carbocycles. The van der Waals surface area contributed by atoms with Crippen molar-refractivity contribution < 1.29 is 0 Å². The Morgan fingerprint density at radius 3 is 2.00 bits per heavy atom. The molecule has 2 aliphatic carbocycles. The van der Waals surface area contributed by atoms with E-state index in [0.717, 1.165) is 12.3 Å². The Bertz CT molecular complexity index is 220. The van der Waals surface area contributed by atoms with E-state index in [1.165, 1.54) is 19.3 Å². The molecule has 0 aromatic heterocycles. The van der Waals surface area contributed by atoms with Crippen LogP contribution in [-0.2, 0) is 0 Å². The molecule has 0 aromatic carbocycles. The molecule has 1 atom stereocenters. The minimum Gasteiger partial charge on any atom is -0.198 e. The van der Waals surface area contributed by atoms with E-state index in [0.29, 0.717) is 5.41 Å². The van der Waals surface area contributed by atoms with Crippen LogP contribution in [0.1, 0.15) is 39.5 Å². The molecule has 2 aliphatic rings. The Morgan fingerprint density at radius 1 is 1.36 bits per heavy atom. The summed E-state index contributed by atoms with van der Waals surface area (Å²) in [5.41, 5.74) is 0.415. The van der Waals surface area contributed by atoms with Gasteiger partial charge in [0.25, 0.3) is 0 Å². The van der Waals surface area contributed by atoms with Gasteiger partial charge in [0.2, 0.25) is 0 Å². The van der Waals surface area contributed by atoms with E-state index in [1.807, 2.05) is 0 Å². The molecule has 0 spiro atoms. The largest absolute Gasteiger partial charge is 0.198 e. The third-order valence-electron chi connectivity index (χ3n) is 3.81. The van der Waals surface area contributed by atoms with Crippen LogP contribution in [0.4, 0.5) is 0 Å². The van der Waals surface area contributed by atoms with Gasteiger partial charge in [0.05, 0.1) is 11.5 Å². The van der Waals surface area contributed by atoms with Gasteiger partial charge >= 0.3 is 0 Å². The van der Waals surface area contributed by atoms with Crippen molar-refractivity contribution in [1.82, 2.24) is 0 Å². The average Bonchev–Trinajstić information content (AvgIpc) is 2.31. The van der Waals surface area contributed by atoms with Gasteiger partial charge in [0, 0.05) is 0 Å². The Kier molecular flexibility index (Phi) is 1.17. The molecule has 1 unspecified atom stereocenters. The maximum absolute atomic E-state index is 9.08. The maximum atomic E-state index is 9.08. The van der Waals surface area contributed by atoms with Crippen LogP contribution < -0.4 is 0 Å². The lowest BCUT2D eigenvalue weighted by Crippen LogP contribution is -2.25. The standard InChI is InChI=1S/C10H15N/c1-9(2)6-10(9,7-11)8-4-3-5-8/h8H,3-6H2,1-2H3. The van der Waals surface area contributed by atoms with Gasteiger partial charge in [-0.15, -0.1) is 0 Å². The number of hydrogen-bond acceptors (Lipinski definition) is 1. The molecular weight excluding hydrogens is 134 g/mol. The number of nitriles is 1. The normalized spacial score (nSPS) is 40.8. The van der Waals surface area contributed by atoms with Crippen molar-refractivity contribution in [2.45, 2.75) is 39.5 Å². The van der Waals surface area contributed by atoms with Gasteiger partial charge in [0.1, 0.15) is 0 Å². The maximum Gasteiger partial charge on any atom is 0.0698 e. The van der Waals surface area contributed by atoms with Gasteiger partial charge in [-0.2, -0.15) is 5.26 Å². The zero-order chi connectivity index (χ0) is 8.11. The molecule has 60 valence electrons. The third-order valence-corrected chi connectivity index (χ3v) is 3.81. The Morgan fingerprint density at radius 2 is 1.91 bits per heavy atom. The fourth-order valence-corrected chi connectivity index (χ4v) is 2.53. The molecule has 0 bridgehead atoms. The topological polar surface area (TPSA) is 23.8 Å². The molecule has 0 aromatic rings. The summed E-state index contributed by atoms with van der Waals surface area (Å²) >= 11 is 0. The van der Waals surface area contributed by atoms with E-state index in [-0.39, 0.29) is 5.41 Å². The quantitative estimate of drug-likeness (QED) is 0.562. The summed E-state index contributed by atoms with van der Waals surface area (Å²) in [6.45, 7) is 4.46. The summed E-state index contributed by atoms with van der Waals surface area (Å²) in [7, 11) is 0. The molecule has 0 amide bonds. The summed E-state index contributed by atoms with van der Waals surface area (Å²) in [6, 6.07) is 2.54. The summed E-state index contributed by atoms with van der Waals surface area (Å²) in [5, 5.41) is 9.08. The van der Waals surface area contributed by atoms with Gasteiger partial charge in [-0.25, -0.2) is 0 Å². The van der Waals surface area contributed by atoms with Crippen molar-refractivity contribution in [3.8, 4) is 6.07 Å². The molecule has 0 aliphatic heterocycles. The lowest BCUT2D eigenvalue weighted by Gasteiger charge is -2.32. The van der Waals surface area contributed by atoms with Crippen molar-refractivity contribution >= 4 is 0 Å². The van der Waals surface area contributed by atoms with Crippen LogP contribution >= 0.6 is 0 Å². The fraction of sp³-hybridized carbons (Fsp3) is 0.900. The highest BCUT2D eigenvalue weighted by Gasteiger charge is 2.66. The van der Waals surface area contributed by atoms with Gasteiger partial charge in [0.15, 0.2) is 0 Å². The first-order valence-electron chi connectivity index (χ1n) is 4.54. The van der Waals surface area contributed by atoms with Gasteiger partial charge < -0.3 is 0 Å². The van der Waals surface area contributed by atoms with Crippen molar-refractivity contribution in [3.05, 3.63) is 0 Å². The van der Waals surface area contributed by atoms with Crippen molar-refractivity contribution in [3.63, 3.8) is 0 Å². The van der Waals surface area contributed by atoms with E-state index >= 15 is 0 Å². The van der Waals surface area contributed by atoms with Crippen molar-refractivity contribution in [1.29, 1.82) is 5.26 Å². The zero-order valence-electron chi connectivity index (χ0n) is 7.35. The fourth-order valence-electron chi connectivity index (χ4n) is 2.53. The lowest BCUT2D eigenvalue weighted by atomic mass is 9.71. The van der Waals surface area contributed by atoms with E-state index in [9.17, 15) is 0 Å². The molecule has 2 fully saturated rings. The van der Waals surface area contributed by atoms with Crippen LogP contribution in [0.25, 0.3) is 0 Å². The molecule has 0 saturated heterocycles. The van der Waals surface area contributed by atoms with Crippen LogP contribution in [0, 0.1) is 28.1 Å². The number of nitrogens with zero attached hydrogens (tertiary/aromatic N) is 1. The monoisotopic (exact) mass is 149 g/mol. The first-order valence-corrected chi connectivity index (χ1v) is 4.54. The SMILES string of the molecule is CC1(C)CC1(C#N)C1CCC1. The van der Waals surface area contributed by atoms with E-state index < -0.39 is 0 Å². The predicted molar refractivity (Wildman–Crippen MR) is 43.8 cm³/mol. The van der Waals surface area contributed by atoms with Crippen molar-refractivity contribution in [2.24, 2.45) is 16.7 Å². The average molecular weight is 149 g/mol. The first-order chi connectivity index (χ1) is 5.12. The Labute approximate surface area is 68.4 Å². The van der Waals surface area contributed by atoms with Crippen LogP contribution in [0.2, 0.25) is 0 Å². The molecule has 1 nitrogen and oxygen atoms in total. The molecule has 0 heterocycles. The number of hydrogen-bond donors (Lipinski definition) is 0. The van der Waals surface area contributed by atoms with Gasteiger partial charge in [-0.05, 0) is 30.6 Å². The predicted octanol–water partition coefficient (Wildman–Crippen LogP) is 2.73. The highest BCUT2D eigenvalue weighted by molar-refractivity contribution is 5.24. The molecule has 0 N–H and O–H groups in total. The van der Waals surface area contributed by atoms with Gasteiger partial charge in [-0.1, -0.05) is 20.3 Å². The molecule has 2 rings (SSSR count). The molecular formula is C10H15N. The second-order valence-corrected chi connectivity index (χ2v) is 4.77. The summed E-state index contributed by atoms with van der Waals surface area (Å²) in [5.74, 6) is 0.738. The second kappa shape index (κ2) is 1.80. The van der Waals surface area contributed by atoms with Crippen molar-refractivity contribution in [2.75, 3.05) is 0 Å². The molecule has 0 radical (unpaired) electrons. The van der Waals surface area contributed by atoms with E-state index in [2.05, 4.69) is 19.9 Å². The van der Waals surface area contributed by atoms with E-state index in [4.69, 9.17) is 5.26 Å². The third kappa shape index (κ3) is 0.704. The van der Waals surface area contributed by atoms with Gasteiger partial charge in [-0.3, -0.25) is 0 Å². The smallest absolute Gasteiger partial charge is 0.0698 e. The zero-order valence-corrected chi connectivity index (χ0v) is 7.35. The summed E-state index contributed by atoms with van der Waals surface area (Å²) in [6.07, 6.45) is 5.10. The Hall–Kier alpha value is -0.510. The first kappa shape index (κ1) is 7.16. The highest BCUT2D eigenvalue weighted by atomic mass is 14.7. The summed E-state index contributed by atoms with van der Waals surface area (Å²) < 4.78 is 0. The van der Waals surface area contributed by atoms with E-state index in [1.54, 1.807) is 0 Å².